The van der Waals surface area contributed by atoms with Gasteiger partial charge in [0.05, 0.1) is 6.61 Å². The van der Waals surface area contributed by atoms with Gasteiger partial charge in [-0.05, 0) is 30.7 Å². The molecule has 0 aliphatic rings. The number of carbonyl (C=O) groups is 1. The number of carbonyl (C=O) groups excluding carboxylic acids is 1. The molecule has 2 rings (SSSR count). The first-order valence-electron chi connectivity index (χ1n) is 7.37. The molecule has 0 saturated heterocycles. The summed E-state index contributed by atoms with van der Waals surface area (Å²) in [5, 5.41) is 2.88. The zero-order valence-electron chi connectivity index (χ0n) is 12.7. The Morgan fingerprint density at radius 2 is 1.77 bits per heavy atom. The molecule has 1 amide bonds. The molecule has 0 aliphatic carbocycles. The van der Waals surface area contributed by atoms with Crippen LogP contribution in [-0.4, -0.2) is 24.0 Å². The standard InChI is InChI=1S/C18H21NO2S/c1-15-7-5-6-10-17(15)21-12-14-22-13-11-18(20)19-16-8-3-2-4-9-16/h2-10H,11-14H2,1H3,(H,19,20). The number of ether oxygens (including phenoxy) is 1. The monoisotopic (exact) mass is 315 g/mol. The topological polar surface area (TPSA) is 38.3 Å². The highest BCUT2D eigenvalue weighted by atomic mass is 32.2. The van der Waals surface area contributed by atoms with Gasteiger partial charge in [0.25, 0.3) is 0 Å². The summed E-state index contributed by atoms with van der Waals surface area (Å²) in [6.45, 7) is 2.70. The van der Waals surface area contributed by atoms with Crippen LogP contribution in [0.25, 0.3) is 0 Å². The third-order valence-corrected chi connectivity index (χ3v) is 4.06. The Morgan fingerprint density at radius 1 is 1.05 bits per heavy atom. The largest absolute Gasteiger partial charge is 0.492 e. The van der Waals surface area contributed by atoms with Crippen LogP contribution in [0.4, 0.5) is 5.69 Å². The number of anilines is 1. The summed E-state index contributed by atoms with van der Waals surface area (Å²) in [6.07, 6.45) is 0.518. The first-order valence-corrected chi connectivity index (χ1v) is 8.52. The lowest BCUT2D eigenvalue weighted by molar-refractivity contribution is -0.115. The van der Waals surface area contributed by atoms with E-state index in [1.54, 1.807) is 11.8 Å². The quantitative estimate of drug-likeness (QED) is 0.744. The van der Waals surface area contributed by atoms with Crippen LogP contribution < -0.4 is 10.1 Å². The predicted octanol–water partition coefficient (Wildman–Crippen LogP) is 4.14. The maximum atomic E-state index is 11.8. The molecule has 0 heterocycles. The highest BCUT2D eigenvalue weighted by Crippen LogP contribution is 2.16. The van der Waals surface area contributed by atoms with Crippen molar-refractivity contribution in [3.05, 3.63) is 60.2 Å². The SMILES string of the molecule is Cc1ccccc1OCCSCCC(=O)Nc1ccccc1. The van der Waals surface area contributed by atoms with Crippen LogP contribution in [-0.2, 0) is 4.79 Å². The molecule has 0 saturated carbocycles. The second-order valence-electron chi connectivity index (χ2n) is 4.89. The van der Waals surface area contributed by atoms with Crippen LogP contribution in [0.5, 0.6) is 5.75 Å². The Labute approximate surface area is 136 Å². The van der Waals surface area contributed by atoms with E-state index < -0.39 is 0 Å². The number of amides is 1. The predicted molar refractivity (Wildman–Crippen MR) is 93.7 cm³/mol. The Bertz CT molecular complexity index is 587. The Morgan fingerprint density at radius 3 is 2.55 bits per heavy atom. The van der Waals surface area contributed by atoms with Crippen molar-refractivity contribution in [1.29, 1.82) is 0 Å². The van der Waals surface area contributed by atoms with Crippen molar-refractivity contribution in [2.75, 3.05) is 23.4 Å². The van der Waals surface area contributed by atoms with Crippen molar-refractivity contribution < 1.29 is 9.53 Å². The van der Waals surface area contributed by atoms with Gasteiger partial charge in [-0.2, -0.15) is 11.8 Å². The number of thioether (sulfide) groups is 1. The number of hydrogen-bond acceptors (Lipinski definition) is 3. The van der Waals surface area contributed by atoms with E-state index in [1.807, 2.05) is 61.5 Å². The summed E-state index contributed by atoms with van der Waals surface area (Å²) >= 11 is 1.73. The third kappa shape index (κ3) is 5.82. The minimum absolute atomic E-state index is 0.0542. The summed E-state index contributed by atoms with van der Waals surface area (Å²) in [5.41, 5.74) is 2.00. The number of benzene rings is 2. The second-order valence-corrected chi connectivity index (χ2v) is 6.12. The summed E-state index contributed by atoms with van der Waals surface area (Å²) in [7, 11) is 0. The Hall–Kier alpha value is -1.94. The highest BCUT2D eigenvalue weighted by molar-refractivity contribution is 7.99. The minimum Gasteiger partial charge on any atom is -0.492 e. The maximum Gasteiger partial charge on any atom is 0.225 e. The number of nitrogens with one attached hydrogen (secondary N) is 1. The lowest BCUT2D eigenvalue weighted by Gasteiger charge is -2.08. The minimum atomic E-state index is 0.0542. The number of rotatable bonds is 8. The molecule has 0 unspecified atom stereocenters. The second kappa shape index (κ2) is 9.15. The molecule has 0 aliphatic heterocycles. The normalized spacial score (nSPS) is 10.2. The zero-order valence-corrected chi connectivity index (χ0v) is 13.6. The van der Waals surface area contributed by atoms with E-state index >= 15 is 0 Å². The van der Waals surface area contributed by atoms with E-state index in [0.717, 1.165) is 28.5 Å². The van der Waals surface area contributed by atoms with Gasteiger partial charge in [0.15, 0.2) is 0 Å². The fourth-order valence-electron chi connectivity index (χ4n) is 1.94. The summed E-state index contributed by atoms with van der Waals surface area (Å²) in [4.78, 5) is 11.8. The summed E-state index contributed by atoms with van der Waals surface area (Å²) in [5.74, 6) is 2.67. The summed E-state index contributed by atoms with van der Waals surface area (Å²) < 4.78 is 5.72. The van der Waals surface area contributed by atoms with Gasteiger partial charge in [-0.25, -0.2) is 0 Å². The van der Waals surface area contributed by atoms with Crippen molar-refractivity contribution >= 4 is 23.4 Å². The average Bonchev–Trinajstić information content (AvgIpc) is 2.53. The van der Waals surface area contributed by atoms with Gasteiger partial charge in [-0.15, -0.1) is 0 Å². The van der Waals surface area contributed by atoms with Crippen molar-refractivity contribution in [2.24, 2.45) is 0 Å². The molecule has 4 heteroatoms. The molecular weight excluding hydrogens is 294 g/mol. The molecule has 0 fully saturated rings. The Balaban J connectivity index is 1.56. The van der Waals surface area contributed by atoms with Crippen molar-refractivity contribution in [2.45, 2.75) is 13.3 Å². The highest BCUT2D eigenvalue weighted by Gasteiger charge is 2.02. The van der Waals surface area contributed by atoms with E-state index in [9.17, 15) is 4.79 Å². The van der Waals surface area contributed by atoms with Gasteiger partial charge in [0.2, 0.25) is 5.91 Å². The van der Waals surface area contributed by atoms with Crippen molar-refractivity contribution in [3.63, 3.8) is 0 Å². The molecule has 1 N–H and O–H groups in total. The zero-order chi connectivity index (χ0) is 15.6. The fourth-order valence-corrected chi connectivity index (χ4v) is 2.68. The van der Waals surface area contributed by atoms with Crippen LogP contribution in [0.1, 0.15) is 12.0 Å². The smallest absolute Gasteiger partial charge is 0.225 e. The van der Waals surface area contributed by atoms with Crippen molar-refractivity contribution in [3.8, 4) is 5.75 Å². The molecule has 2 aromatic carbocycles. The van der Waals surface area contributed by atoms with Gasteiger partial charge < -0.3 is 10.1 Å². The van der Waals surface area contributed by atoms with Crippen LogP contribution in [0.2, 0.25) is 0 Å². The van der Waals surface area contributed by atoms with Gasteiger partial charge >= 0.3 is 0 Å². The Kier molecular flexibility index (Phi) is 6.84. The number of para-hydroxylation sites is 2. The first-order chi connectivity index (χ1) is 10.8. The van der Waals surface area contributed by atoms with E-state index in [1.165, 1.54) is 0 Å². The van der Waals surface area contributed by atoms with Crippen LogP contribution in [0.15, 0.2) is 54.6 Å². The van der Waals surface area contributed by atoms with Crippen LogP contribution >= 0.6 is 11.8 Å². The molecule has 0 radical (unpaired) electrons. The van der Waals surface area contributed by atoms with E-state index in [2.05, 4.69) is 5.32 Å². The molecule has 22 heavy (non-hydrogen) atoms. The lowest BCUT2D eigenvalue weighted by atomic mass is 10.2. The summed E-state index contributed by atoms with van der Waals surface area (Å²) in [6, 6.07) is 17.5. The number of aryl methyl sites for hydroxylation is 1. The molecule has 0 aromatic heterocycles. The lowest BCUT2D eigenvalue weighted by Crippen LogP contribution is -2.12. The van der Waals surface area contributed by atoms with Gasteiger partial charge in [0, 0.05) is 23.6 Å². The van der Waals surface area contributed by atoms with Crippen LogP contribution in [0.3, 0.4) is 0 Å². The molecular formula is C18H21NO2S. The van der Waals surface area contributed by atoms with Gasteiger partial charge in [0.1, 0.15) is 5.75 Å². The van der Waals surface area contributed by atoms with Crippen molar-refractivity contribution in [1.82, 2.24) is 0 Å². The number of hydrogen-bond donors (Lipinski definition) is 1. The maximum absolute atomic E-state index is 11.8. The van der Waals surface area contributed by atoms with E-state index in [0.29, 0.717) is 13.0 Å². The average molecular weight is 315 g/mol. The molecule has 2 aromatic rings. The van der Waals surface area contributed by atoms with Gasteiger partial charge in [-0.3, -0.25) is 4.79 Å². The molecule has 0 spiro atoms. The molecule has 0 atom stereocenters. The first kappa shape index (κ1) is 16.4. The van der Waals surface area contributed by atoms with Gasteiger partial charge in [-0.1, -0.05) is 36.4 Å². The van der Waals surface area contributed by atoms with E-state index in [4.69, 9.17) is 4.74 Å². The molecule has 3 nitrogen and oxygen atoms in total. The van der Waals surface area contributed by atoms with Crippen LogP contribution in [0, 0.1) is 6.92 Å². The third-order valence-electron chi connectivity index (χ3n) is 3.11. The molecule has 116 valence electrons. The molecule has 0 bridgehead atoms. The van der Waals surface area contributed by atoms with E-state index in [-0.39, 0.29) is 5.91 Å². The fraction of sp³-hybridized carbons (Fsp3) is 0.278.